The maximum Gasteiger partial charge on any atom is 0.170 e. The first-order chi connectivity index (χ1) is 12.7. The molecular formula is C21H22N4S. The van der Waals surface area contributed by atoms with Crippen LogP contribution in [0.3, 0.4) is 0 Å². The minimum Gasteiger partial charge on any atom is -0.352 e. The molecule has 1 N–H and O–H groups in total. The Balaban J connectivity index is 1.82. The lowest BCUT2D eigenvalue weighted by molar-refractivity contribution is 0.321. The van der Waals surface area contributed by atoms with Crippen molar-refractivity contribution in [1.82, 2.24) is 19.8 Å². The molecule has 132 valence electrons. The summed E-state index contributed by atoms with van der Waals surface area (Å²) in [4.78, 5) is 6.83. The van der Waals surface area contributed by atoms with E-state index in [0.717, 1.165) is 17.4 Å². The van der Waals surface area contributed by atoms with Crippen LogP contribution in [-0.4, -0.2) is 26.1 Å². The van der Waals surface area contributed by atoms with Crippen molar-refractivity contribution < 1.29 is 0 Å². The van der Waals surface area contributed by atoms with Crippen molar-refractivity contribution in [2.75, 3.05) is 6.54 Å². The molecule has 26 heavy (non-hydrogen) atoms. The third-order valence-corrected chi connectivity index (χ3v) is 5.25. The van der Waals surface area contributed by atoms with Crippen molar-refractivity contribution in [3.63, 3.8) is 0 Å². The first-order valence-electron chi connectivity index (χ1n) is 8.91. The molecule has 0 amide bonds. The maximum absolute atomic E-state index is 5.63. The fourth-order valence-corrected chi connectivity index (χ4v) is 4.09. The van der Waals surface area contributed by atoms with Crippen molar-refractivity contribution in [3.05, 3.63) is 83.9 Å². The largest absolute Gasteiger partial charge is 0.352 e. The van der Waals surface area contributed by atoms with Crippen LogP contribution >= 0.6 is 12.2 Å². The number of hydrogen-bond donors (Lipinski definition) is 1. The van der Waals surface area contributed by atoms with Gasteiger partial charge in [0, 0.05) is 30.3 Å². The van der Waals surface area contributed by atoms with Gasteiger partial charge in [-0.15, -0.1) is 0 Å². The molecule has 4 rings (SSSR count). The van der Waals surface area contributed by atoms with Crippen LogP contribution in [0.2, 0.25) is 0 Å². The average molecular weight is 363 g/mol. The van der Waals surface area contributed by atoms with E-state index in [9.17, 15) is 0 Å². The normalized spacial score (nSPS) is 19.6. The van der Waals surface area contributed by atoms with E-state index in [4.69, 9.17) is 12.2 Å². The van der Waals surface area contributed by atoms with Crippen molar-refractivity contribution >= 4 is 17.3 Å². The fraction of sp³-hybridized carbons (Fsp3) is 0.238. The molecule has 0 radical (unpaired) electrons. The predicted octanol–water partition coefficient (Wildman–Crippen LogP) is 4.17. The molecule has 0 bridgehead atoms. The van der Waals surface area contributed by atoms with Crippen LogP contribution in [0.4, 0.5) is 0 Å². The molecule has 1 aliphatic rings. The Morgan fingerprint density at radius 3 is 2.73 bits per heavy atom. The SMILES string of the molecule is CCN1C(=S)N[C@H](c2ccccn2)[C@@H]1c1cccn1-c1cccc(C)c1. The highest BCUT2D eigenvalue weighted by atomic mass is 32.1. The van der Waals surface area contributed by atoms with Crippen LogP contribution in [0, 0.1) is 6.92 Å². The molecule has 3 heterocycles. The van der Waals surface area contributed by atoms with E-state index in [-0.39, 0.29) is 12.1 Å². The molecular weight excluding hydrogens is 340 g/mol. The Labute approximate surface area is 159 Å². The van der Waals surface area contributed by atoms with Gasteiger partial charge >= 0.3 is 0 Å². The second-order valence-corrected chi connectivity index (χ2v) is 6.94. The molecule has 0 aliphatic carbocycles. The molecule has 1 saturated heterocycles. The summed E-state index contributed by atoms with van der Waals surface area (Å²) in [7, 11) is 0. The minimum absolute atomic E-state index is 0.0297. The standard InChI is InChI=1S/C21H22N4S/c1-3-24-20(19(23-21(24)26)17-10-4-5-12-22-17)18-11-7-13-25(18)16-9-6-8-15(2)14-16/h4-14,19-20H,3H2,1-2H3,(H,23,26)/t19-,20+/m1/s1. The summed E-state index contributed by atoms with van der Waals surface area (Å²) in [5.74, 6) is 0. The zero-order chi connectivity index (χ0) is 18.1. The number of pyridine rings is 1. The van der Waals surface area contributed by atoms with Gasteiger partial charge in [-0.25, -0.2) is 0 Å². The minimum atomic E-state index is 0.0297. The van der Waals surface area contributed by atoms with Gasteiger partial charge in [0.1, 0.15) is 0 Å². The summed E-state index contributed by atoms with van der Waals surface area (Å²) in [6.45, 7) is 5.11. The summed E-state index contributed by atoms with van der Waals surface area (Å²) < 4.78 is 2.26. The van der Waals surface area contributed by atoms with E-state index in [1.165, 1.54) is 16.9 Å². The van der Waals surface area contributed by atoms with Gasteiger partial charge in [-0.1, -0.05) is 18.2 Å². The number of nitrogens with zero attached hydrogens (tertiary/aromatic N) is 3. The van der Waals surface area contributed by atoms with Gasteiger partial charge in [0.25, 0.3) is 0 Å². The summed E-state index contributed by atoms with van der Waals surface area (Å²) in [6.07, 6.45) is 3.96. The van der Waals surface area contributed by atoms with Crippen molar-refractivity contribution in [2.24, 2.45) is 0 Å². The number of thiocarbonyl (C=S) groups is 1. The van der Waals surface area contributed by atoms with Crippen LogP contribution in [0.25, 0.3) is 5.69 Å². The van der Waals surface area contributed by atoms with Crippen molar-refractivity contribution in [1.29, 1.82) is 0 Å². The molecule has 0 unspecified atom stereocenters. The molecule has 2 aromatic heterocycles. The van der Waals surface area contributed by atoms with Crippen LogP contribution in [0.1, 0.15) is 36.0 Å². The number of aromatic nitrogens is 2. The smallest absolute Gasteiger partial charge is 0.170 e. The zero-order valence-electron chi connectivity index (χ0n) is 15.0. The number of benzene rings is 1. The summed E-state index contributed by atoms with van der Waals surface area (Å²) in [5.41, 5.74) is 4.63. The topological polar surface area (TPSA) is 33.1 Å². The Kier molecular flexibility index (Phi) is 4.47. The van der Waals surface area contributed by atoms with Crippen LogP contribution < -0.4 is 5.32 Å². The molecule has 0 spiro atoms. The Bertz CT molecular complexity index is 919. The number of hydrogen-bond acceptors (Lipinski definition) is 2. The Hall–Kier alpha value is -2.66. The number of aryl methyl sites for hydroxylation is 1. The average Bonchev–Trinajstić information content (AvgIpc) is 3.26. The first kappa shape index (κ1) is 16.8. The van der Waals surface area contributed by atoms with Gasteiger partial charge in [0.2, 0.25) is 0 Å². The highest BCUT2D eigenvalue weighted by Crippen LogP contribution is 2.39. The zero-order valence-corrected chi connectivity index (χ0v) is 15.8. The number of likely N-dealkylation sites (N-methyl/N-ethyl adjacent to an activating group) is 1. The van der Waals surface area contributed by atoms with E-state index in [0.29, 0.717) is 0 Å². The highest BCUT2D eigenvalue weighted by molar-refractivity contribution is 7.80. The monoisotopic (exact) mass is 362 g/mol. The Morgan fingerprint density at radius 1 is 1.12 bits per heavy atom. The van der Waals surface area contributed by atoms with Crippen LogP contribution in [-0.2, 0) is 0 Å². The fourth-order valence-electron chi connectivity index (χ4n) is 3.72. The van der Waals surface area contributed by atoms with Gasteiger partial charge in [0.15, 0.2) is 5.11 Å². The maximum atomic E-state index is 5.63. The van der Waals surface area contributed by atoms with E-state index >= 15 is 0 Å². The lowest BCUT2D eigenvalue weighted by Gasteiger charge is -2.28. The van der Waals surface area contributed by atoms with Gasteiger partial charge in [0.05, 0.1) is 17.8 Å². The van der Waals surface area contributed by atoms with Crippen molar-refractivity contribution in [2.45, 2.75) is 25.9 Å². The summed E-state index contributed by atoms with van der Waals surface area (Å²) >= 11 is 5.63. The van der Waals surface area contributed by atoms with Crippen LogP contribution in [0.15, 0.2) is 67.0 Å². The quantitative estimate of drug-likeness (QED) is 0.706. The number of nitrogens with one attached hydrogen (secondary N) is 1. The molecule has 0 saturated carbocycles. The first-order valence-corrected chi connectivity index (χ1v) is 9.32. The molecule has 4 nitrogen and oxygen atoms in total. The third-order valence-electron chi connectivity index (χ3n) is 4.90. The van der Waals surface area contributed by atoms with E-state index in [1.807, 2.05) is 18.3 Å². The molecule has 1 aliphatic heterocycles. The lowest BCUT2D eigenvalue weighted by Crippen LogP contribution is -2.30. The molecule has 3 aromatic rings. The lowest BCUT2D eigenvalue weighted by atomic mass is 10.0. The third kappa shape index (κ3) is 2.88. The van der Waals surface area contributed by atoms with E-state index in [1.54, 1.807) is 0 Å². The number of rotatable bonds is 4. The predicted molar refractivity (Wildman–Crippen MR) is 108 cm³/mol. The Morgan fingerprint density at radius 2 is 2.00 bits per heavy atom. The van der Waals surface area contributed by atoms with Crippen molar-refractivity contribution in [3.8, 4) is 5.69 Å². The van der Waals surface area contributed by atoms with Gasteiger partial charge in [-0.2, -0.15) is 0 Å². The van der Waals surface area contributed by atoms with E-state index in [2.05, 4.69) is 82.3 Å². The second-order valence-electron chi connectivity index (χ2n) is 6.55. The molecule has 5 heteroatoms. The van der Waals surface area contributed by atoms with Gasteiger partial charge < -0.3 is 14.8 Å². The van der Waals surface area contributed by atoms with Gasteiger partial charge in [-0.05, 0) is 68.0 Å². The molecule has 2 atom stereocenters. The second kappa shape index (κ2) is 6.92. The highest BCUT2D eigenvalue weighted by Gasteiger charge is 2.40. The van der Waals surface area contributed by atoms with Crippen LogP contribution in [0.5, 0.6) is 0 Å². The molecule has 1 aromatic carbocycles. The van der Waals surface area contributed by atoms with E-state index < -0.39 is 0 Å². The summed E-state index contributed by atoms with van der Waals surface area (Å²) in [5, 5.41) is 4.26. The van der Waals surface area contributed by atoms with Gasteiger partial charge in [-0.3, -0.25) is 4.98 Å². The molecule has 1 fully saturated rings. The summed E-state index contributed by atoms with van der Waals surface area (Å²) in [6, 6.07) is 19.0.